The van der Waals surface area contributed by atoms with Gasteiger partial charge in [0.2, 0.25) is 0 Å². The number of amidine groups is 1. The molecule has 0 bridgehead atoms. The van der Waals surface area contributed by atoms with Gasteiger partial charge in [-0.05, 0) is 74.0 Å². The van der Waals surface area contributed by atoms with Crippen molar-refractivity contribution in [2.24, 2.45) is 39.5 Å². The van der Waals surface area contributed by atoms with E-state index in [-0.39, 0.29) is 5.41 Å². The van der Waals surface area contributed by atoms with Crippen LogP contribution in [0.15, 0.2) is 4.99 Å². The Labute approximate surface area is 162 Å². The number of hydrogen-bond acceptors (Lipinski definition) is 4. The largest absolute Gasteiger partial charge is 0.369 e. The standard InChI is InChI=1S/C22H34N2OS/c1-20-9-4-3-5-14(20)6-7-15-16(20)8-10-21(2)17(15)13-18-22(21,25)24-12-11-23-19(24)26-18/h14-18,25H,3-13H2,1-2H3/t14-,15-,16-,17-,18-,20+,21+,22+/m1/s1. The van der Waals surface area contributed by atoms with E-state index >= 15 is 0 Å². The zero-order valence-corrected chi connectivity index (χ0v) is 17.2. The van der Waals surface area contributed by atoms with Gasteiger partial charge < -0.3 is 10.0 Å². The topological polar surface area (TPSA) is 35.8 Å². The summed E-state index contributed by atoms with van der Waals surface area (Å²) in [4.78, 5) is 7.00. The molecule has 8 atom stereocenters. The van der Waals surface area contributed by atoms with Crippen LogP contribution in [-0.2, 0) is 0 Å². The molecule has 1 N–H and O–H groups in total. The van der Waals surface area contributed by atoms with Crippen molar-refractivity contribution in [1.82, 2.24) is 4.90 Å². The maximum atomic E-state index is 12.1. The van der Waals surface area contributed by atoms with Gasteiger partial charge in [0.1, 0.15) is 0 Å². The van der Waals surface area contributed by atoms with Gasteiger partial charge in [-0.15, -0.1) is 0 Å². The van der Waals surface area contributed by atoms with E-state index in [0.717, 1.165) is 36.0 Å². The molecule has 4 aliphatic carbocycles. The summed E-state index contributed by atoms with van der Waals surface area (Å²) in [5.41, 5.74) is 0.0223. The van der Waals surface area contributed by atoms with Crippen molar-refractivity contribution in [2.75, 3.05) is 13.1 Å². The first-order valence-electron chi connectivity index (χ1n) is 11.2. The highest BCUT2D eigenvalue weighted by Gasteiger charge is 2.72. The van der Waals surface area contributed by atoms with Gasteiger partial charge >= 0.3 is 0 Å². The lowest BCUT2D eigenvalue weighted by molar-refractivity contribution is -0.188. The van der Waals surface area contributed by atoms with E-state index in [1.54, 1.807) is 0 Å². The molecule has 0 aromatic carbocycles. The maximum absolute atomic E-state index is 12.1. The molecule has 0 aromatic rings. The molecule has 1 saturated heterocycles. The van der Waals surface area contributed by atoms with E-state index in [4.69, 9.17) is 0 Å². The third kappa shape index (κ3) is 1.76. The van der Waals surface area contributed by atoms with E-state index in [9.17, 15) is 5.11 Å². The van der Waals surface area contributed by atoms with Crippen molar-refractivity contribution in [3.8, 4) is 0 Å². The second-order valence-electron chi connectivity index (χ2n) is 10.7. The second-order valence-corrected chi connectivity index (χ2v) is 11.9. The molecule has 6 aliphatic rings. The van der Waals surface area contributed by atoms with Crippen LogP contribution in [0.1, 0.15) is 71.6 Å². The first-order chi connectivity index (χ1) is 12.5. The molecule has 0 radical (unpaired) electrons. The number of thioether (sulfide) groups is 1. The molecule has 144 valence electrons. The minimum Gasteiger partial charge on any atom is -0.369 e. The van der Waals surface area contributed by atoms with Crippen LogP contribution in [0, 0.1) is 34.5 Å². The van der Waals surface area contributed by atoms with E-state index < -0.39 is 5.72 Å². The van der Waals surface area contributed by atoms with Crippen LogP contribution in [-0.4, -0.2) is 39.2 Å². The van der Waals surface area contributed by atoms with Gasteiger partial charge in [0.15, 0.2) is 10.9 Å². The predicted octanol–water partition coefficient (Wildman–Crippen LogP) is 4.50. The fourth-order valence-electron chi connectivity index (χ4n) is 8.85. The van der Waals surface area contributed by atoms with Crippen molar-refractivity contribution in [2.45, 2.75) is 82.6 Å². The Hall–Kier alpha value is -0.220. The van der Waals surface area contributed by atoms with Crippen molar-refractivity contribution in [3.05, 3.63) is 0 Å². The fourth-order valence-corrected chi connectivity index (χ4v) is 10.5. The quantitative estimate of drug-likeness (QED) is 0.678. The summed E-state index contributed by atoms with van der Waals surface area (Å²) in [6.45, 7) is 6.92. The molecule has 4 saturated carbocycles. The Balaban J connectivity index is 1.37. The number of nitrogens with zero attached hydrogens (tertiary/aromatic N) is 2. The molecular formula is C22H34N2OS. The van der Waals surface area contributed by atoms with Crippen molar-refractivity contribution in [3.63, 3.8) is 0 Å². The number of aliphatic hydroxyl groups is 1. The van der Waals surface area contributed by atoms with Gasteiger partial charge in [-0.1, -0.05) is 38.5 Å². The van der Waals surface area contributed by atoms with Crippen LogP contribution in [0.3, 0.4) is 0 Å². The molecule has 0 spiro atoms. The monoisotopic (exact) mass is 374 g/mol. The molecule has 0 unspecified atom stereocenters. The average molecular weight is 375 g/mol. The van der Waals surface area contributed by atoms with E-state index in [0.29, 0.717) is 16.6 Å². The zero-order valence-electron chi connectivity index (χ0n) is 16.4. The molecule has 4 heteroatoms. The van der Waals surface area contributed by atoms with Crippen LogP contribution in [0.5, 0.6) is 0 Å². The minimum atomic E-state index is -0.632. The molecule has 2 aliphatic heterocycles. The van der Waals surface area contributed by atoms with Crippen LogP contribution in [0.25, 0.3) is 0 Å². The number of fused-ring (bicyclic) bond motifs is 9. The lowest BCUT2D eigenvalue weighted by Crippen LogP contribution is -2.62. The average Bonchev–Trinajstić information content (AvgIpc) is 3.25. The summed E-state index contributed by atoms with van der Waals surface area (Å²) in [6.07, 6.45) is 12.5. The molecule has 0 aromatic heterocycles. The third-order valence-electron chi connectivity index (χ3n) is 10.2. The summed E-state index contributed by atoms with van der Waals surface area (Å²) in [6, 6.07) is 0. The van der Waals surface area contributed by atoms with Crippen LogP contribution < -0.4 is 0 Å². The SMILES string of the molecule is C[C@]12CCCC[C@@H]1CC[C@@H]1[C@H]2CC[C@@]2(C)[C@@H]1C[C@H]1SC3=NCCN3[C@]12O. The minimum absolute atomic E-state index is 0.0608. The molecule has 6 rings (SSSR count). The Morgan fingerprint density at radius 1 is 1.08 bits per heavy atom. The number of hydrogen-bond donors (Lipinski definition) is 1. The van der Waals surface area contributed by atoms with Crippen LogP contribution in [0.4, 0.5) is 0 Å². The first-order valence-corrected chi connectivity index (χ1v) is 12.1. The van der Waals surface area contributed by atoms with Gasteiger partial charge in [-0.25, -0.2) is 0 Å². The van der Waals surface area contributed by atoms with Crippen LogP contribution in [0.2, 0.25) is 0 Å². The van der Waals surface area contributed by atoms with Gasteiger partial charge in [0.25, 0.3) is 0 Å². The first kappa shape index (κ1) is 16.7. The van der Waals surface area contributed by atoms with Gasteiger partial charge in [-0.2, -0.15) is 0 Å². The normalized spacial score (nSPS) is 57.7. The van der Waals surface area contributed by atoms with Crippen molar-refractivity contribution >= 4 is 16.9 Å². The molecule has 0 amide bonds. The molecular weight excluding hydrogens is 340 g/mol. The molecule has 26 heavy (non-hydrogen) atoms. The highest BCUT2D eigenvalue weighted by molar-refractivity contribution is 8.14. The lowest BCUT2D eigenvalue weighted by atomic mass is 9.45. The summed E-state index contributed by atoms with van der Waals surface area (Å²) < 4.78 is 0. The Kier molecular flexibility index (Phi) is 3.36. The summed E-state index contributed by atoms with van der Waals surface area (Å²) in [5, 5.41) is 13.6. The predicted molar refractivity (Wildman–Crippen MR) is 107 cm³/mol. The van der Waals surface area contributed by atoms with E-state index in [1.807, 2.05) is 11.8 Å². The molecule has 5 fully saturated rings. The summed E-state index contributed by atoms with van der Waals surface area (Å²) >= 11 is 1.90. The summed E-state index contributed by atoms with van der Waals surface area (Å²) in [5.74, 6) is 3.47. The maximum Gasteiger partial charge on any atom is 0.162 e. The highest BCUT2D eigenvalue weighted by Crippen LogP contribution is 2.71. The zero-order chi connectivity index (χ0) is 17.7. The van der Waals surface area contributed by atoms with Crippen LogP contribution >= 0.6 is 11.8 Å². The van der Waals surface area contributed by atoms with Gasteiger partial charge in [0, 0.05) is 12.0 Å². The second kappa shape index (κ2) is 5.23. The van der Waals surface area contributed by atoms with Crippen molar-refractivity contribution in [1.29, 1.82) is 0 Å². The third-order valence-corrected chi connectivity index (χ3v) is 11.6. The lowest BCUT2D eigenvalue weighted by Gasteiger charge is -2.61. The Morgan fingerprint density at radius 2 is 1.96 bits per heavy atom. The fraction of sp³-hybridized carbons (Fsp3) is 0.955. The Morgan fingerprint density at radius 3 is 2.85 bits per heavy atom. The summed E-state index contributed by atoms with van der Waals surface area (Å²) in [7, 11) is 0. The number of aliphatic imine (C=N–C) groups is 1. The molecule has 2 heterocycles. The smallest absolute Gasteiger partial charge is 0.162 e. The van der Waals surface area contributed by atoms with E-state index in [2.05, 4.69) is 23.7 Å². The van der Waals surface area contributed by atoms with Crippen molar-refractivity contribution < 1.29 is 5.11 Å². The highest BCUT2D eigenvalue weighted by atomic mass is 32.2. The van der Waals surface area contributed by atoms with Gasteiger partial charge in [-0.3, -0.25) is 4.99 Å². The van der Waals surface area contributed by atoms with Gasteiger partial charge in [0.05, 0.1) is 11.8 Å². The Bertz CT molecular complexity index is 667. The van der Waals surface area contributed by atoms with E-state index in [1.165, 1.54) is 57.8 Å². The molecule has 3 nitrogen and oxygen atoms in total. The number of rotatable bonds is 0.